The van der Waals surface area contributed by atoms with E-state index in [1.54, 1.807) is 7.11 Å². The molecule has 1 N–H and O–H groups in total. The zero-order valence-corrected chi connectivity index (χ0v) is 16.2. The number of guanidine groups is 1. The summed E-state index contributed by atoms with van der Waals surface area (Å²) in [6, 6.07) is 8.20. The number of ether oxygens (including phenoxy) is 1. The average molecular weight is 348 g/mol. The summed E-state index contributed by atoms with van der Waals surface area (Å²) in [6.07, 6.45) is 0. The van der Waals surface area contributed by atoms with Gasteiger partial charge in [0, 0.05) is 33.8 Å². The molecule has 1 rings (SSSR count). The van der Waals surface area contributed by atoms with Gasteiger partial charge in [0.25, 0.3) is 0 Å². The monoisotopic (exact) mass is 348 g/mol. The van der Waals surface area contributed by atoms with Crippen LogP contribution in [0.4, 0.5) is 0 Å². The van der Waals surface area contributed by atoms with Crippen LogP contribution in [0.2, 0.25) is 0 Å². The predicted molar refractivity (Wildman–Crippen MR) is 103 cm³/mol. The number of nitrogens with one attached hydrogen (secondary N) is 1. The number of aliphatic imine (C=N–C) groups is 1. The van der Waals surface area contributed by atoms with Crippen LogP contribution in [0.25, 0.3) is 0 Å². The molecule has 1 aromatic rings. The molecule has 1 aromatic carbocycles. The van der Waals surface area contributed by atoms with Gasteiger partial charge in [0.1, 0.15) is 0 Å². The first-order valence-corrected chi connectivity index (χ1v) is 8.89. The Morgan fingerprint density at radius 1 is 1.20 bits per heavy atom. The second-order valence-corrected chi connectivity index (χ2v) is 5.85. The summed E-state index contributed by atoms with van der Waals surface area (Å²) in [5.74, 6) is 0.848. The van der Waals surface area contributed by atoms with Crippen LogP contribution in [0.15, 0.2) is 29.3 Å². The van der Waals surface area contributed by atoms with Crippen LogP contribution in [-0.4, -0.2) is 62.0 Å². The van der Waals surface area contributed by atoms with E-state index in [1.807, 2.05) is 55.8 Å². The smallest absolute Gasteiger partial charge is 0.242 e. The van der Waals surface area contributed by atoms with Crippen molar-refractivity contribution in [3.63, 3.8) is 0 Å². The molecule has 0 unspecified atom stereocenters. The van der Waals surface area contributed by atoms with E-state index in [0.29, 0.717) is 19.7 Å². The van der Waals surface area contributed by atoms with Gasteiger partial charge in [-0.25, -0.2) is 4.99 Å². The molecule has 0 aromatic heterocycles. The van der Waals surface area contributed by atoms with Crippen LogP contribution in [-0.2, 0) is 22.7 Å². The summed E-state index contributed by atoms with van der Waals surface area (Å²) >= 11 is 0. The lowest BCUT2D eigenvalue weighted by Gasteiger charge is -2.25. The summed E-state index contributed by atoms with van der Waals surface area (Å²) < 4.78 is 5.17. The van der Waals surface area contributed by atoms with Gasteiger partial charge in [-0.3, -0.25) is 4.79 Å². The quantitative estimate of drug-likeness (QED) is 0.548. The van der Waals surface area contributed by atoms with E-state index in [-0.39, 0.29) is 5.91 Å². The molecule has 0 aliphatic heterocycles. The number of amides is 1. The number of hydrogen-bond donors (Lipinski definition) is 1. The average Bonchev–Trinajstić information content (AvgIpc) is 2.60. The van der Waals surface area contributed by atoms with Crippen molar-refractivity contribution >= 4 is 11.9 Å². The Morgan fingerprint density at radius 2 is 1.88 bits per heavy atom. The lowest BCUT2D eigenvalue weighted by atomic mass is 10.1. The molecule has 1 amide bonds. The third-order valence-electron chi connectivity index (χ3n) is 3.90. The molecule has 0 atom stereocenters. The molecule has 140 valence electrons. The third kappa shape index (κ3) is 7.13. The van der Waals surface area contributed by atoms with E-state index in [4.69, 9.17) is 4.74 Å². The molecule has 0 aliphatic rings. The second kappa shape index (κ2) is 11.5. The lowest BCUT2D eigenvalue weighted by Crippen LogP contribution is -2.45. The number of carbonyl (C=O) groups excluding carboxylic acids is 1. The van der Waals surface area contributed by atoms with Crippen LogP contribution >= 0.6 is 0 Å². The zero-order valence-electron chi connectivity index (χ0n) is 16.2. The molecular formula is C19H32N4O2. The van der Waals surface area contributed by atoms with Crippen molar-refractivity contribution < 1.29 is 9.53 Å². The van der Waals surface area contributed by atoms with Crippen LogP contribution < -0.4 is 5.32 Å². The molecule has 25 heavy (non-hydrogen) atoms. The summed E-state index contributed by atoms with van der Waals surface area (Å²) in [5, 5.41) is 3.25. The zero-order chi connectivity index (χ0) is 18.7. The van der Waals surface area contributed by atoms with Crippen LogP contribution in [0.1, 0.15) is 31.9 Å². The minimum absolute atomic E-state index is 0.111. The maximum atomic E-state index is 12.3. The molecule has 0 bridgehead atoms. The first-order valence-electron chi connectivity index (χ1n) is 8.89. The van der Waals surface area contributed by atoms with E-state index < -0.39 is 0 Å². The summed E-state index contributed by atoms with van der Waals surface area (Å²) in [6.45, 7) is 9.69. The molecule has 0 saturated carbocycles. The van der Waals surface area contributed by atoms with Gasteiger partial charge in [0.2, 0.25) is 5.91 Å². The number of nitrogens with zero attached hydrogens (tertiary/aromatic N) is 3. The fraction of sp³-hybridized carbons (Fsp3) is 0.579. The standard InChI is InChI=1S/C19H32N4O2/c1-6-20-19(22(4)14-18(24)23(7-2)8-3)21-13-16-10-9-11-17(12-16)15-25-5/h9-12H,6-8,13-15H2,1-5H3,(H,20,21). The lowest BCUT2D eigenvalue weighted by molar-refractivity contribution is -0.131. The molecule has 6 nitrogen and oxygen atoms in total. The van der Waals surface area contributed by atoms with Gasteiger partial charge in [0.15, 0.2) is 5.96 Å². The maximum absolute atomic E-state index is 12.3. The number of likely N-dealkylation sites (N-methyl/N-ethyl adjacent to an activating group) is 2. The summed E-state index contributed by atoms with van der Waals surface area (Å²) in [7, 11) is 3.58. The fourth-order valence-corrected chi connectivity index (χ4v) is 2.57. The van der Waals surface area contributed by atoms with Crippen molar-refractivity contribution in [3.05, 3.63) is 35.4 Å². The SMILES string of the molecule is CCNC(=NCc1cccc(COC)c1)N(C)CC(=O)N(CC)CC. The van der Waals surface area contributed by atoms with Gasteiger partial charge in [-0.05, 0) is 31.9 Å². The van der Waals surface area contributed by atoms with Crippen LogP contribution in [0.5, 0.6) is 0 Å². The highest BCUT2D eigenvalue weighted by atomic mass is 16.5. The number of methoxy groups -OCH3 is 1. The van der Waals surface area contributed by atoms with Gasteiger partial charge in [-0.2, -0.15) is 0 Å². The molecule has 6 heteroatoms. The Labute approximate surface area is 151 Å². The highest BCUT2D eigenvalue weighted by Gasteiger charge is 2.14. The highest BCUT2D eigenvalue weighted by molar-refractivity contribution is 5.86. The fourth-order valence-electron chi connectivity index (χ4n) is 2.57. The van der Waals surface area contributed by atoms with Crippen molar-refractivity contribution in [1.82, 2.24) is 15.1 Å². The Hall–Kier alpha value is -2.08. The molecule has 0 fully saturated rings. The van der Waals surface area contributed by atoms with Gasteiger partial charge in [0.05, 0.1) is 19.7 Å². The summed E-state index contributed by atoms with van der Waals surface area (Å²) in [4.78, 5) is 20.7. The number of hydrogen-bond acceptors (Lipinski definition) is 3. The molecule has 0 radical (unpaired) electrons. The van der Waals surface area contributed by atoms with Crippen molar-refractivity contribution in [3.8, 4) is 0 Å². The van der Waals surface area contributed by atoms with Crippen molar-refractivity contribution in [2.75, 3.05) is 40.3 Å². The normalized spacial score (nSPS) is 11.3. The topological polar surface area (TPSA) is 57.2 Å². The highest BCUT2D eigenvalue weighted by Crippen LogP contribution is 2.08. The van der Waals surface area contributed by atoms with Crippen molar-refractivity contribution in [2.45, 2.75) is 33.9 Å². The Bertz CT molecular complexity index is 556. The van der Waals surface area contributed by atoms with Crippen molar-refractivity contribution in [2.24, 2.45) is 4.99 Å². The molecule has 0 aliphatic carbocycles. The summed E-state index contributed by atoms with van der Waals surface area (Å²) in [5.41, 5.74) is 2.25. The minimum atomic E-state index is 0.111. The van der Waals surface area contributed by atoms with Gasteiger partial charge < -0.3 is 19.9 Å². The molecule has 0 heterocycles. The van der Waals surface area contributed by atoms with E-state index in [2.05, 4.69) is 16.4 Å². The predicted octanol–water partition coefficient (Wildman–Crippen LogP) is 2.10. The third-order valence-corrected chi connectivity index (χ3v) is 3.90. The Morgan fingerprint density at radius 3 is 2.48 bits per heavy atom. The van der Waals surface area contributed by atoms with E-state index in [0.717, 1.165) is 36.7 Å². The largest absolute Gasteiger partial charge is 0.380 e. The van der Waals surface area contributed by atoms with Crippen molar-refractivity contribution in [1.29, 1.82) is 0 Å². The van der Waals surface area contributed by atoms with E-state index in [1.165, 1.54) is 0 Å². The first kappa shape index (κ1) is 21.0. The molecule has 0 spiro atoms. The van der Waals surface area contributed by atoms with E-state index in [9.17, 15) is 4.79 Å². The first-order chi connectivity index (χ1) is 12.0. The van der Waals surface area contributed by atoms with Gasteiger partial charge in [-0.15, -0.1) is 0 Å². The number of rotatable bonds is 9. The number of benzene rings is 1. The maximum Gasteiger partial charge on any atom is 0.242 e. The van der Waals surface area contributed by atoms with Crippen LogP contribution in [0.3, 0.4) is 0 Å². The van der Waals surface area contributed by atoms with E-state index >= 15 is 0 Å². The molecule has 0 saturated heterocycles. The Balaban J connectivity index is 2.78. The second-order valence-electron chi connectivity index (χ2n) is 5.85. The van der Waals surface area contributed by atoms with Gasteiger partial charge >= 0.3 is 0 Å². The van der Waals surface area contributed by atoms with Gasteiger partial charge in [-0.1, -0.05) is 24.3 Å². The minimum Gasteiger partial charge on any atom is -0.380 e. The van der Waals surface area contributed by atoms with Crippen LogP contribution in [0, 0.1) is 0 Å². The Kier molecular flexibility index (Phi) is 9.62. The number of carbonyl (C=O) groups is 1. The molecular weight excluding hydrogens is 316 g/mol.